The van der Waals surface area contributed by atoms with E-state index < -0.39 is 0 Å². The normalized spacial score (nSPS) is 12.6. The van der Waals surface area contributed by atoms with Gasteiger partial charge >= 0.3 is 0 Å². The van der Waals surface area contributed by atoms with Crippen LogP contribution in [0.3, 0.4) is 0 Å². The number of hydrogen-bond acceptors (Lipinski definition) is 5. The standard InChI is InChI=1S/C20H28N2O3S.ClH/c1-14(15(2)21)20(23)22(12-17-8-10-26-13-17)9-7-16-5-6-18(24-3)19(11-16)25-4;/h5-6,8,10-11,13-15H,7,9,12,21H2,1-4H3;1H. The van der Waals surface area contributed by atoms with E-state index in [4.69, 9.17) is 15.2 Å². The van der Waals surface area contributed by atoms with Gasteiger partial charge in [0.1, 0.15) is 0 Å². The van der Waals surface area contributed by atoms with Crippen molar-refractivity contribution < 1.29 is 14.3 Å². The Hall–Kier alpha value is -1.76. The minimum atomic E-state index is -0.209. The maximum absolute atomic E-state index is 12.9. The van der Waals surface area contributed by atoms with E-state index in [0.717, 1.165) is 17.5 Å². The second-order valence-corrected chi connectivity index (χ2v) is 7.26. The van der Waals surface area contributed by atoms with Crippen LogP contribution in [0.4, 0.5) is 0 Å². The van der Waals surface area contributed by atoms with E-state index in [2.05, 4.69) is 11.4 Å². The van der Waals surface area contributed by atoms with E-state index in [-0.39, 0.29) is 30.3 Å². The Balaban J connectivity index is 0.00000364. The van der Waals surface area contributed by atoms with E-state index >= 15 is 0 Å². The first-order valence-corrected chi connectivity index (χ1v) is 9.67. The van der Waals surface area contributed by atoms with Crippen LogP contribution in [0.2, 0.25) is 0 Å². The number of ether oxygens (including phenoxy) is 2. The lowest BCUT2D eigenvalue weighted by Crippen LogP contribution is -2.42. The second-order valence-electron chi connectivity index (χ2n) is 6.48. The predicted octanol–water partition coefficient (Wildman–Crippen LogP) is 3.74. The zero-order valence-corrected chi connectivity index (χ0v) is 17.9. The highest BCUT2D eigenvalue weighted by Gasteiger charge is 2.23. The lowest BCUT2D eigenvalue weighted by Gasteiger charge is -2.27. The number of halogens is 1. The van der Waals surface area contributed by atoms with Gasteiger partial charge in [-0.2, -0.15) is 11.3 Å². The maximum Gasteiger partial charge on any atom is 0.227 e. The van der Waals surface area contributed by atoms with Crippen molar-refractivity contribution in [2.75, 3.05) is 20.8 Å². The molecule has 0 radical (unpaired) electrons. The van der Waals surface area contributed by atoms with Gasteiger partial charge in [0.25, 0.3) is 0 Å². The molecule has 1 heterocycles. The number of methoxy groups -OCH3 is 2. The first kappa shape index (κ1) is 23.3. The number of amides is 1. The van der Waals surface area contributed by atoms with Gasteiger partial charge in [-0.15, -0.1) is 12.4 Å². The molecule has 2 aromatic rings. The summed E-state index contributed by atoms with van der Waals surface area (Å²) in [4.78, 5) is 14.8. The molecule has 5 nitrogen and oxygen atoms in total. The van der Waals surface area contributed by atoms with Crippen LogP contribution in [-0.2, 0) is 17.8 Å². The van der Waals surface area contributed by atoms with Crippen LogP contribution < -0.4 is 15.2 Å². The number of benzene rings is 1. The van der Waals surface area contributed by atoms with Crippen molar-refractivity contribution in [3.05, 3.63) is 46.2 Å². The van der Waals surface area contributed by atoms with E-state index in [1.54, 1.807) is 25.6 Å². The first-order valence-electron chi connectivity index (χ1n) is 8.72. The summed E-state index contributed by atoms with van der Waals surface area (Å²) in [6.45, 7) is 5.00. The third kappa shape index (κ3) is 6.41. The molecule has 2 atom stereocenters. The van der Waals surface area contributed by atoms with Crippen molar-refractivity contribution in [3.8, 4) is 11.5 Å². The quantitative estimate of drug-likeness (QED) is 0.681. The van der Waals surface area contributed by atoms with Crippen LogP contribution in [-0.4, -0.2) is 37.6 Å². The summed E-state index contributed by atoms with van der Waals surface area (Å²) in [5, 5.41) is 4.11. The summed E-state index contributed by atoms with van der Waals surface area (Å²) in [6, 6.07) is 7.74. The van der Waals surface area contributed by atoms with Crippen LogP contribution in [0.15, 0.2) is 35.0 Å². The van der Waals surface area contributed by atoms with Gasteiger partial charge in [-0.1, -0.05) is 13.0 Å². The number of nitrogens with zero attached hydrogens (tertiary/aromatic N) is 1. The molecule has 0 aliphatic heterocycles. The van der Waals surface area contributed by atoms with Crippen LogP contribution in [0.5, 0.6) is 11.5 Å². The Morgan fingerprint density at radius 3 is 2.41 bits per heavy atom. The zero-order chi connectivity index (χ0) is 19.1. The van der Waals surface area contributed by atoms with E-state index in [1.807, 2.05) is 42.3 Å². The molecule has 0 saturated heterocycles. The molecule has 27 heavy (non-hydrogen) atoms. The molecular formula is C20H29ClN2O3S. The molecule has 2 rings (SSSR count). The molecule has 0 fully saturated rings. The molecule has 2 N–H and O–H groups in total. The molecule has 0 spiro atoms. The largest absolute Gasteiger partial charge is 0.493 e. The Morgan fingerprint density at radius 2 is 1.85 bits per heavy atom. The summed E-state index contributed by atoms with van der Waals surface area (Å²) in [6.07, 6.45) is 0.738. The maximum atomic E-state index is 12.9. The highest BCUT2D eigenvalue weighted by Crippen LogP contribution is 2.28. The fraction of sp³-hybridized carbons (Fsp3) is 0.450. The van der Waals surface area contributed by atoms with Crippen molar-refractivity contribution in [1.29, 1.82) is 0 Å². The fourth-order valence-electron chi connectivity index (χ4n) is 2.68. The average molecular weight is 413 g/mol. The van der Waals surface area contributed by atoms with E-state index in [1.165, 1.54) is 0 Å². The SMILES string of the molecule is COc1ccc(CCN(Cc2ccsc2)C(=O)C(C)C(C)N)cc1OC.Cl. The summed E-state index contributed by atoms with van der Waals surface area (Å²) in [5.41, 5.74) is 8.19. The molecule has 0 aliphatic carbocycles. The fourth-order valence-corrected chi connectivity index (χ4v) is 3.34. The van der Waals surface area contributed by atoms with Gasteiger partial charge in [-0.25, -0.2) is 0 Å². The minimum Gasteiger partial charge on any atom is -0.493 e. The molecule has 1 aromatic heterocycles. The molecule has 1 amide bonds. The lowest BCUT2D eigenvalue weighted by atomic mass is 10.0. The van der Waals surface area contributed by atoms with Gasteiger partial charge in [-0.3, -0.25) is 4.79 Å². The molecule has 0 aliphatic rings. The third-order valence-electron chi connectivity index (χ3n) is 4.56. The van der Waals surface area contributed by atoms with Crippen molar-refractivity contribution in [3.63, 3.8) is 0 Å². The highest BCUT2D eigenvalue weighted by atomic mass is 35.5. The smallest absolute Gasteiger partial charge is 0.227 e. The number of carbonyl (C=O) groups excluding carboxylic acids is 1. The molecule has 7 heteroatoms. The summed E-state index contributed by atoms with van der Waals surface area (Å²) >= 11 is 1.64. The van der Waals surface area contributed by atoms with Gasteiger partial charge in [0.15, 0.2) is 11.5 Å². The summed E-state index contributed by atoms with van der Waals surface area (Å²) < 4.78 is 10.6. The summed E-state index contributed by atoms with van der Waals surface area (Å²) in [5.74, 6) is 1.28. The molecule has 0 bridgehead atoms. The van der Waals surface area contributed by atoms with Crippen molar-refractivity contribution >= 4 is 29.7 Å². The van der Waals surface area contributed by atoms with Gasteiger partial charge in [-0.05, 0) is 53.4 Å². The number of carbonyl (C=O) groups is 1. The van der Waals surface area contributed by atoms with Crippen LogP contribution >= 0.6 is 23.7 Å². The number of nitrogens with two attached hydrogens (primary N) is 1. The topological polar surface area (TPSA) is 64.8 Å². The molecule has 2 unspecified atom stereocenters. The Bertz CT molecular complexity index is 707. The van der Waals surface area contributed by atoms with Crippen molar-refractivity contribution in [2.45, 2.75) is 32.9 Å². The first-order chi connectivity index (χ1) is 12.5. The van der Waals surface area contributed by atoms with Crippen LogP contribution in [0.1, 0.15) is 25.0 Å². The zero-order valence-electron chi connectivity index (χ0n) is 16.3. The van der Waals surface area contributed by atoms with Gasteiger partial charge in [0.2, 0.25) is 5.91 Å². The van der Waals surface area contributed by atoms with E-state index in [9.17, 15) is 4.79 Å². The third-order valence-corrected chi connectivity index (χ3v) is 5.29. The van der Waals surface area contributed by atoms with Crippen LogP contribution in [0.25, 0.3) is 0 Å². The number of rotatable bonds is 9. The number of thiophene rings is 1. The molecule has 0 saturated carbocycles. The monoisotopic (exact) mass is 412 g/mol. The molecule has 150 valence electrons. The van der Waals surface area contributed by atoms with Crippen molar-refractivity contribution in [2.24, 2.45) is 11.7 Å². The second kappa shape index (κ2) is 11.2. The van der Waals surface area contributed by atoms with Gasteiger partial charge in [0.05, 0.1) is 20.1 Å². The minimum absolute atomic E-state index is 0. The average Bonchev–Trinajstić information content (AvgIpc) is 3.16. The molecule has 1 aromatic carbocycles. The van der Waals surface area contributed by atoms with E-state index in [0.29, 0.717) is 24.6 Å². The van der Waals surface area contributed by atoms with Crippen molar-refractivity contribution in [1.82, 2.24) is 4.90 Å². The van der Waals surface area contributed by atoms with Gasteiger partial charge < -0.3 is 20.1 Å². The molecular weight excluding hydrogens is 384 g/mol. The Morgan fingerprint density at radius 1 is 1.15 bits per heavy atom. The Labute approximate surface area is 171 Å². The summed E-state index contributed by atoms with van der Waals surface area (Å²) in [7, 11) is 3.24. The predicted molar refractivity (Wildman–Crippen MR) is 113 cm³/mol. The Kier molecular flexibility index (Phi) is 9.63. The van der Waals surface area contributed by atoms with Crippen LogP contribution in [0, 0.1) is 5.92 Å². The van der Waals surface area contributed by atoms with Gasteiger partial charge in [0, 0.05) is 19.1 Å². The lowest BCUT2D eigenvalue weighted by molar-refractivity contribution is -0.136. The number of hydrogen-bond donors (Lipinski definition) is 1. The highest BCUT2D eigenvalue weighted by molar-refractivity contribution is 7.07.